The van der Waals surface area contributed by atoms with E-state index < -0.39 is 0 Å². The van der Waals surface area contributed by atoms with Gasteiger partial charge in [-0.1, -0.05) is 26.8 Å². The van der Waals surface area contributed by atoms with E-state index in [2.05, 4.69) is 55.2 Å². The molecule has 2 aliphatic rings. The first-order chi connectivity index (χ1) is 16.8. The number of benzene rings is 1. The first kappa shape index (κ1) is 22.2. The fourth-order valence-corrected chi connectivity index (χ4v) is 5.62. The van der Waals surface area contributed by atoms with Gasteiger partial charge in [0.1, 0.15) is 5.82 Å². The number of halogens is 1. The van der Waals surface area contributed by atoms with Crippen LogP contribution < -0.4 is 5.32 Å². The van der Waals surface area contributed by atoms with Crippen LogP contribution >= 0.6 is 0 Å². The summed E-state index contributed by atoms with van der Waals surface area (Å²) >= 11 is 0. The van der Waals surface area contributed by atoms with Crippen molar-refractivity contribution in [3.63, 3.8) is 0 Å². The minimum Gasteiger partial charge on any atom is -0.324 e. The standard InChI is InChI=1S/C28H31FN6/c1-28(2,3)23-9-6-10-24(32-23)35-16-22(29)21-13-30-27(33-26(21)35)31-20-11-17-7-5-8-18-14-34(4)15-19(12-20)25(17)18/h6,9-13,16,18H,5,7-8,14-15H2,1-4H3,(H,30,31,33). The largest absolute Gasteiger partial charge is 0.324 e. The highest BCUT2D eigenvalue weighted by molar-refractivity contribution is 5.79. The lowest BCUT2D eigenvalue weighted by Gasteiger charge is -2.37. The molecule has 35 heavy (non-hydrogen) atoms. The highest BCUT2D eigenvalue weighted by Gasteiger charge is 2.29. The average Bonchev–Trinajstić information content (AvgIpc) is 3.14. The van der Waals surface area contributed by atoms with Crippen molar-refractivity contribution in [2.24, 2.45) is 0 Å². The van der Waals surface area contributed by atoms with E-state index in [1.54, 1.807) is 16.3 Å². The fraction of sp³-hybridized carbons (Fsp3) is 0.393. The second kappa shape index (κ2) is 8.12. The van der Waals surface area contributed by atoms with E-state index in [4.69, 9.17) is 9.97 Å². The third-order valence-electron chi connectivity index (χ3n) is 7.23. The van der Waals surface area contributed by atoms with Gasteiger partial charge in [0.15, 0.2) is 11.5 Å². The van der Waals surface area contributed by atoms with Crippen molar-refractivity contribution in [1.82, 2.24) is 24.4 Å². The normalized spacial score (nSPS) is 18.0. The zero-order chi connectivity index (χ0) is 24.3. The third kappa shape index (κ3) is 3.97. The Kier molecular flexibility index (Phi) is 5.14. The summed E-state index contributed by atoms with van der Waals surface area (Å²) in [4.78, 5) is 16.4. The van der Waals surface area contributed by atoms with E-state index in [9.17, 15) is 4.39 Å². The Morgan fingerprint density at radius 2 is 1.94 bits per heavy atom. The summed E-state index contributed by atoms with van der Waals surface area (Å²) in [6, 6.07) is 10.3. The summed E-state index contributed by atoms with van der Waals surface area (Å²) in [5.74, 6) is 1.37. The second-order valence-electron chi connectivity index (χ2n) is 11.0. The molecule has 3 aromatic heterocycles. The summed E-state index contributed by atoms with van der Waals surface area (Å²) in [6.45, 7) is 8.44. The predicted molar refractivity (Wildman–Crippen MR) is 137 cm³/mol. The maximum Gasteiger partial charge on any atom is 0.229 e. The molecule has 6 rings (SSSR count). The van der Waals surface area contributed by atoms with Crippen LogP contribution in [0, 0.1) is 5.82 Å². The van der Waals surface area contributed by atoms with Crippen LogP contribution in [-0.4, -0.2) is 38.0 Å². The molecule has 6 nitrogen and oxygen atoms in total. The lowest BCUT2D eigenvalue weighted by molar-refractivity contribution is 0.266. The molecular weight excluding hydrogens is 439 g/mol. The maximum atomic E-state index is 14.8. The number of hydrogen-bond donors (Lipinski definition) is 1. The Labute approximate surface area is 205 Å². The Morgan fingerprint density at radius 3 is 2.77 bits per heavy atom. The predicted octanol–water partition coefficient (Wildman–Crippen LogP) is 5.86. The van der Waals surface area contributed by atoms with E-state index in [0.717, 1.165) is 30.9 Å². The fourth-order valence-electron chi connectivity index (χ4n) is 5.62. The highest BCUT2D eigenvalue weighted by atomic mass is 19.1. The summed E-state index contributed by atoms with van der Waals surface area (Å²) < 4.78 is 16.5. The van der Waals surface area contributed by atoms with Gasteiger partial charge in [0.05, 0.1) is 5.39 Å². The van der Waals surface area contributed by atoms with Gasteiger partial charge < -0.3 is 10.2 Å². The monoisotopic (exact) mass is 470 g/mol. The number of nitrogens with zero attached hydrogens (tertiary/aromatic N) is 5. The zero-order valence-corrected chi connectivity index (χ0v) is 20.8. The molecule has 0 saturated heterocycles. The molecule has 1 aromatic carbocycles. The van der Waals surface area contributed by atoms with Gasteiger partial charge in [-0.15, -0.1) is 0 Å². The summed E-state index contributed by atoms with van der Waals surface area (Å²) in [5.41, 5.74) is 6.69. The molecule has 0 amide bonds. The molecule has 0 fully saturated rings. The summed E-state index contributed by atoms with van der Waals surface area (Å²) in [5, 5.41) is 3.78. The Hall–Kier alpha value is -3.32. The zero-order valence-electron chi connectivity index (χ0n) is 20.8. The van der Waals surface area contributed by atoms with Crippen LogP contribution in [0.2, 0.25) is 0 Å². The van der Waals surface area contributed by atoms with Gasteiger partial charge in [-0.3, -0.25) is 4.57 Å². The summed E-state index contributed by atoms with van der Waals surface area (Å²) in [7, 11) is 2.19. The number of hydrogen-bond acceptors (Lipinski definition) is 5. The Bertz CT molecular complexity index is 1430. The van der Waals surface area contributed by atoms with Crippen molar-refractivity contribution in [3.8, 4) is 5.82 Å². The van der Waals surface area contributed by atoms with Crippen molar-refractivity contribution in [2.75, 3.05) is 18.9 Å². The van der Waals surface area contributed by atoms with E-state index in [1.807, 2.05) is 18.2 Å². The number of fused-ring (bicyclic) bond motifs is 1. The minimum atomic E-state index is -0.359. The number of rotatable bonds is 3. The number of aromatic nitrogens is 4. The van der Waals surface area contributed by atoms with Crippen LogP contribution in [0.3, 0.4) is 0 Å². The van der Waals surface area contributed by atoms with Crippen molar-refractivity contribution in [3.05, 3.63) is 70.9 Å². The van der Waals surface area contributed by atoms with E-state index in [1.165, 1.54) is 30.2 Å². The first-order valence-corrected chi connectivity index (χ1v) is 12.4. The molecule has 1 aliphatic carbocycles. The summed E-state index contributed by atoms with van der Waals surface area (Å²) in [6.07, 6.45) is 6.60. The smallest absolute Gasteiger partial charge is 0.229 e. The lowest BCUT2D eigenvalue weighted by Crippen LogP contribution is -2.33. The van der Waals surface area contributed by atoms with Crippen LogP contribution in [0.15, 0.2) is 42.7 Å². The number of likely N-dealkylation sites (N-methyl/N-ethyl adjacent to an activating group) is 1. The Balaban J connectivity index is 1.39. The van der Waals surface area contributed by atoms with Gasteiger partial charge in [-0.2, -0.15) is 4.98 Å². The van der Waals surface area contributed by atoms with Gasteiger partial charge in [-0.05, 0) is 73.2 Å². The molecule has 0 bridgehead atoms. The quantitative estimate of drug-likeness (QED) is 0.406. The van der Waals surface area contributed by atoms with Gasteiger partial charge in [0.2, 0.25) is 5.95 Å². The van der Waals surface area contributed by atoms with Crippen LogP contribution in [0.25, 0.3) is 16.9 Å². The molecule has 1 aliphatic heterocycles. The number of aryl methyl sites for hydroxylation is 1. The van der Waals surface area contributed by atoms with Crippen LogP contribution in [0.5, 0.6) is 0 Å². The van der Waals surface area contributed by atoms with Crippen molar-refractivity contribution >= 4 is 22.7 Å². The van der Waals surface area contributed by atoms with E-state index in [0.29, 0.717) is 28.7 Å². The molecule has 4 heterocycles. The maximum absolute atomic E-state index is 14.8. The first-order valence-electron chi connectivity index (χ1n) is 12.4. The Morgan fingerprint density at radius 1 is 1.11 bits per heavy atom. The second-order valence-corrected chi connectivity index (χ2v) is 11.0. The molecule has 0 saturated carbocycles. The van der Waals surface area contributed by atoms with Gasteiger partial charge in [0, 0.05) is 42.3 Å². The molecule has 1 atom stereocenters. The minimum absolute atomic E-state index is 0.112. The van der Waals surface area contributed by atoms with Crippen molar-refractivity contribution < 1.29 is 4.39 Å². The molecule has 1 unspecified atom stereocenters. The van der Waals surface area contributed by atoms with Gasteiger partial charge in [0.25, 0.3) is 0 Å². The van der Waals surface area contributed by atoms with Gasteiger partial charge in [-0.25, -0.2) is 14.4 Å². The van der Waals surface area contributed by atoms with Crippen molar-refractivity contribution in [1.29, 1.82) is 0 Å². The van der Waals surface area contributed by atoms with E-state index >= 15 is 0 Å². The average molecular weight is 471 g/mol. The molecule has 0 spiro atoms. The number of pyridine rings is 1. The SMILES string of the molecule is CN1Cc2cc(Nc3ncc4c(F)cn(-c5cccc(C(C)(C)C)n5)c4n3)cc3c2C(CCC3)C1. The third-order valence-corrected chi connectivity index (χ3v) is 7.23. The van der Waals surface area contributed by atoms with Crippen LogP contribution in [0.1, 0.15) is 61.9 Å². The van der Waals surface area contributed by atoms with Crippen molar-refractivity contribution in [2.45, 2.75) is 57.9 Å². The highest BCUT2D eigenvalue weighted by Crippen LogP contribution is 2.40. The van der Waals surface area contributed by atoms with Crippen LogP contribution in [0.4, 0.5) is 16.0 Å². The van der Waals surface area contributed by atoms with Crippen LogP contribution in [-0.2, 0) is 18.4 Å². The molecule has 180 valence electrons. The number of nitrogens with one attached hydrogen (secondary N) is 1. The molecular formula is C28H31FN6. The molecule has 0 radical (unpaired) electrons. The molecule has 7 heteroatoms. The number of anilines is 2. The lowest BCUT2D eigenvalue weighted by atomic mass is 9.77. The topological polar surface area (TPSA) is 58.9 Å². The van der Waals surface area contributed by atoms with E-state index in [-0.39, 0.29) is 11.2 Å². The molecule has 4 aromatic rings. The van der Waals surface area contributed by atoms with Gasteiger partial charge >= 0.3 is 0 Å². The molecule has 1 N–H and O–H groups in total.